The lowest BCUT2D eigenvalue weighted by molar-refractivity contribution is -0.114. The van der Waals surface area contributed by atoms with Gasteiger partial charge in [0.2, 0.25) is 11.8 Å². The molecule has 0 radical (unpaired) electrons. The van der Waals surface area contributed by atoms with Gasteiger partial charge in [0.25, 0.3) is 0 Å². The number of benzene rings is 2. The van der Waals surface area contributed by atoms with Crippen LogP contribution in [0.15, 0.2) is 48.5 Å². The highest BCUT2D eigenvalue weighted by atomic mass is 35.5. The van der Waals surface area contributed by atoms with Crippen LogP contribution in [-0.4, -0.2) is 23.6 Å². The molecule has 0 unspecified atom stereocenters. The molecule has 2 aromatic rings. The Morgan fingerprint density at radius 3 is 1.42 bits per heavy atom. The second-order valence-corrected chi connectivity index (χ2v) is 5.79. The molecular weight excluding hydrogens is 394 g/mol. The van der Waals surface area contributed by atoms with Crippen molar-refractivity contribution in [2.45, 2.75) is 0 Å². The fourth-order valence-electron chi connectivity index (χ4n) is 1.52. The molecule has 24 heavy (non-hydrogen) atoms. The van der Waals surface area contributed by atoms with Gasteiger partial charge in [-0.3, -0.25) is 9.59 Å². The van der Waals surface area contributed by atoms with E-state index in [2.05, 4.69) is 10.6 Å². The Morgan fingerprint density at radius 1 is 0.750 bits per heavy atom. The van der Waals surface area contributed by atoms with Gasteiger partial charge in [-0.25, -0.2) is 0 Å². The minimum atomic E-state index is -0.237. The van der Waals surface area contributed by atoms with Gasteiger partial charge in [-0.2, -0.15) is 0 Å². The van der Waals surface area contributed by atoms with Crippen LogP contribution in [0.3, 0.4) is 0 Å². The maximum atomic E-state index is 10.8. The molecule has 0 aliphatic rings. The Balaban J connectivity index is 0.000000240. The van der Waals surface area contributed by atoms with Crippen molar-refractivity contribution < 1.29 is 9.59 Å². The predicted molar refractivity (Wildman–Crippen MR) is 102 cm³/mol. The summed E-state index contributed by atoms with van der Waals surface area (Å²) in [5.74, 6) is -0.572. The zero-order valence-corrected chi connectivity index (χ0v) is 15.4. The number of carbonyl (C=O) groups is 2. The van der Waals surface area contributed by atoms with Crippen molar-refractivity contribution in [3.63, 3.8) is 0 Å². The topological polar surface area (TPSA) is 58.2 Å². The van der Waals surface area contributed by atoms with Gasteiger partial charge in [-0.1, -0.05) is 35.3 Å². The van der Waals surface area contributed by atoms with Crippen LogP contribution >= 0.6 is 46.4 Å². The molecule has 2 amide bonds. The number of alkyl halides is 2. The predicted octanol–water partition coefficient (Wildman–Crippen LogP) is 5.03. The first-order chi connectivity index (χ1) is 11.4. The number of rotatable bonds is 4. The van der Waals surface area contributed by atoms with Gasteiger partial charge in [0.15, 0.2) is 0 Å². The van der Waals surface area contributed by atoms with E-state index in [0.29, 0.717) is 21.4 Å². The summed E-state index contributed by atoms with van der Waals surface area (Å²) in [7, 11) is 0. The minimum absolute atomic E-state index is 0.0491. The number of hydrogen-bond donors (Lipinski definition) is 2. The van der Waals surface area contributed by atoms with Crippen LogP contribution in [0, 0.1) is 0 Å². The van der Waals surface area contributed by atoms with Crippen molar-refractivity contribution in [3.05, 3.63) is 58.6 Å². The summed E-state index contributed by atoms with van der Waals surface area (Å²) in [5.41, 5.74) is 1.32. The third-order valence-electron chi connectivity index (χ3n) is 2.46. The highest BCUT2D eigenvalue weighted by Crippen LogP contribution is 2.15. The van der Waals surface area contributed by atoms with Crippen LogP contribution in [0.4, 0.5) is 11.4 Å². The Kier molecular flexibility index (Phi) is 9.57. The standard InChI is InChI=1S/2C8H7Cl2NO/c2*9-5-8(12)11-7-3-1-2-6(10)4-7/h2*1-4H,5H2,(H,11,12). The molecule has 0 atom stereocenters. The summed E-state index contributed by atoms with van der Waals surface area (Å²) in [6, 6.07) is 13.8. The van der Waals surface area contributed by atoms with Gasteiger partial charge < -0.3 is 10.6 Å². The summed E-state index contributed by atoms with van der Waals surface area (Å²) >= 11 is 22.0. The van der Waals surface area contributed by atoms with E-state index in [4.69, 9.17) is 46.4 Å². The Labute approximate surface area is 160 Å². The van der Waals surface area contributed by atoms with Crippen molar-refractivity contribution in [1.29, 1.82) is 0 Å². The van der Waals surface area contributed by atoms with Gasteiger partial charge in [0.1, 0.15) is 11.8 Å². The number of hydrogen-bond acceptors (Lipinski definition) is 2. The largest absolute Gasteiger partial charge is 0.325 e. The van der Waals surface area contributed by atoms with Crippen molar-refractivity contribution in [1.82, 2.24) is 0 Å². The minimum Gasteiger partial charge on any atom is -0.325 e. The molecule has 0 heterocycles. The molecule has 0 aliphatic heterocycles. The number of nitrogens with one attached hydrogen (secondary N) is 2. The summed E-state index contributed by atoms with van der Waals surface area (Å²) in [6.07, 6.45) is 0. The van der Waals surface area contributed by atoms with E-state index in [9.17, 15) is 9.59 Å². The third kappa shape index (κ3) is 8.41. The molecule has 0 bridgehead atoms. The Bertz CT molecular complexity index is 636. The maximum Gasteiger partial charge on any atom is 0.239 e. The summed E-state index contributed by atoms with van der Waals surface area (Å²) in [6.45, 7) is 0. The number of anilines is 2. The monoisotopic (exact) mass is 406 g/mol. The van der Waals surface area contributed by atoms with Crippen LogP contribution in [0.25, 0.3) is 0 Å². The van der Waals surface area contributed by atoms with Gasteiger partial charge in [0.05, 0.1) is 0 Å². The Hall–Kier alpha value is -1.46. The second kappa shape index (κ2) is 11.2. The van der Waals surface area contributed by atoms with E-state index in [1.807, 2.05) is 0 Å². The number of amides is 2. The number of halogens is 4. The summed E-state index contributed by atoms with van der Waals surface area (Å²) in [5, 5.41) is 6.33. The van der Waals surface area contributed by atoms with Gasteiger partial charge in [0, 0.05) is 21.4 Å². The Morgan fingerprint density at radius 2 is 1.12 bits per heavy atom. The molecule has 2 rings (SSSR count). The van der Waals surface area contributed by atoms with Crippen LogP contribution in [0.1, 0.15) is 0 Å². The molecule has 0 aromatic heterocycles. The van der Waals surface area contributed by atoms with Crippen LogP contribution in [0.5, 0.6) is 0 Å². The number of carbonyl (C=O) groups excluding carboxylic acids is 2. The van der Waals surface area contributed by atoms with E-state index < -0.39 is 0 Å². The van der Waals surface area contributed by atoms with Crippen LogP contribution in [-0.2, 0) is 9.59 Å². The molecular formula is C16H14Cl4N2O2. The van der Waals surface area contributed by atoms with Crippen molar-refractivity contribution in [3.8, 4) is 0 Å². The smallest absolute Gasteiger partial charge is 0.239 e. The highest BCUT2D eigenvalue weighted by Gasteiger charge is 1.99. The summed E-state index contributed by atoms with van der Waals surface area (Å²) < 4.78 is 0. The van der Waals surface area contributed by atoms with E-state index in [0.717, 1.165) is 0 Å². The fourth-order valence-corrected chi connectivity index (χ4v) is 2.04. The van der Waals surface area contributed by atoms with Crippen molar-refractivity contribution >= 4 is 69.6 Å². The van der Waals surface area contributed by atoms with Gasteiger partial charge in [-0.15, -0.1) is 23.2 Å². The molecule has 4 nitrogen and oxygen atoms in total. The lowest BCUT2D eigenvalue weighted by Crippen LogP contribution is -2.12. The van der Waals surface area contributed by atoms with Crippen molar-refractivity contribution in [2.75, 3.05) is 22.4 Å². The molecule has 0 aliphatic carbocycles. The summed E-state index contributed by atoms with van der Waals surface area (Å²) in [4.78, 5) is 21.6. The first-order valence-corrected chi connectivity index (χ1v) is 8.50. The molecule has 2 N–H and O–H groups in total. The molecule has 0 saturated carbocycles. The molecule has 2 aromatic carbocycles. The van der Waals surface area contributed by atoms with Crippen LogP contribution < -0.4 is 10.6 Å². The molecule has 0 fully saturated rings. The highest BCUT2D eigenvalue weighted by molar-refractivity contribution is 6.32. The van der Waals surface area contributed by atoms with E-state index in [1.165, 1.54) is 0 Å². The first kappa shape index (κ1) is 20.6. The average Bonchev–Trinajstić information content (AvgIpc) is 2.55. The SMILES string of the molecule is O=C(CCl)Nc1cccc(Cl)c1.O=C(CCl)Nc1cccc(Cl)c1. The van der Waals surface area contributed by atoms with Crippen molar-refractivity contribution in [2.24, 2.45) is 0 Å². The lowest BCUT2D eigenvalue weighted by Gasteiger charge is -2.01. The van der Waals surface area contributed by atoms with E-state index in [-0.39, 0.29) is 23.6 Å². The zero-order chi connectivity index (χ0) is 17.9. The fraction of sp³-hybridized carbons (Fsp3) is 0.125. The van der Waals surface area contributed by atoms with Gasteiger partial charge >= 0.3 is 0 Å². The van der Waals surface area contributed by atoms with Crippen LogP contribution in [0.2, 0.25) is 10.0 Å². The van der Waals surface area contributed by atoms with E-state index in [1.54, 1.807) is 48.5 Å². The average molecular weight is 408 g/mol. The maximum absolute atomic E-state index is 10.8. The van der Waals surface area contributed by atoms with Gasteiger partial charge in [-0.05, 0) is 36.4 Å². The molecule has 0 saturated heterocycles. The normalized spacial score (nSPS) is 9.50. The molecule has 128 valence electrons. The molecule has 0 spiro atoms. The second-order valence-electron chi connectivity index (χ2n) is 4.38. The first-order valence-electron chi connectivity index (χ1n) is 6.67. The third-order valence-corrected chi connectivity index (χ3v) is 3.42. The quantitative estimate of drug-likeness (QED) is 0.697. The molecule has 8 heteroatoms. The lowest BCUT2D eigenvalue weighted by atomic mass is 10.3. The van der Waals surface area contributed by atoms with E-state index >= 15 is 0 Å². The zero-order valence-electron chi connectivity index (χ0n) is 12.4.